The fourth-order valence-corrected chi connectivity index (χ4v) is 0.272. The Morgan fingerprint density at radius 1 is 1.50 bits per heavy atom. The van der Waals surface area contributed by atoms with Gasteiger partial charge in [-0.15, -0.1) is 0 Å². The second-order valence-electron chi connectivity index (χ2n) is 2.09. The van der Waals surface area contributed by atoms with Crippen LogP contribution in [-0.4, -0.2) is 12.0 Å². The normalized spacial score (nSPS) is 11.2. The zero-order valence-electron chi connectivity index (χ0n) is 6.13. The van der Waals surface area contributed by atoms with Crippen molar-refractivity contribution in [2.24, 2.45) is 11.7 Å². The van der Waals surface area contributed by atoms with Crippen molar-refractivity contribution in [1.29, 1.82) is 0 Å². The van der Waals surface area contributed by atoms with E-state index in [2.05, 4.69) is 0 Å². The van der Waals surface area contributed by atoms with E-state index >= 15 is 0 Å². The summed E-state index contributed by atoms with van der Waals surface area (Å²) in [7, 11) is 0. The molecule has 0 heterocycles. The number of aliphatic carboxylic acids is 1. The molecule has 0 amide bonds. The SMILES string of the molecule is CC(C)[C@H](N)C(=O)[O-].[I-].[Zn+2]. The number of nitrogens with two attached hydrogens (primary N) is 1. The summed E-state index contributed by atoms with van der Waals surface area (Å²) in [6.45, 7) is 3.47. The first-order valence-corrected chi connectivity index (χ1v) is 2.52. The van der Waals surface area contributed by atoms with E-state index in [1.807, 2.05) is 0 Å². The number of carbonyl (C=O) groups excluding carboxylic acids is 1. The van der Waals surface area contributed by atoms with Crippen molar-refractivity contribution in [3.05, 3.63) is 0 Å². The molecule has 0 fully saturated rings. The number of carboxylic acid groups (broad SMARTS) is 1. The minimum atomic E-state index is -1.18. The predicted molar refractivity (Wildman–Crippen MR) is 27.8 cm³/mol. The third kappa shape index (κ3) is 6.90. The van der Waals surface area contributed by atoms with Gasteiger partial charge in [0.05, 0.1) is 5.97 Å². The molecular weight excluding hydrogens is 298 g/mol. The maximum Gasteiger partial charge on any atom is 2.00 e. The van der Waals surface area contributed by atoms with E-state index in [4.69, 9.17) is 5.73 Å². The first kappa shape index (κ1) is 17.0. The first-order valence-electron chi connectivity index (χ1n) is 2.52. The van der Waals surface area contributed by atoms with Crippen LogP contribution in [-0.2, 0) is 24.3 Å². The Kier molecular flexibility index (Phi) is 13.4. The van der Waals surface area contributed by atoms with E-state index in [1.54, 1.807) is 13.8 Å². The average molecular weight is 308 g/mol. The molecule has 0 bridgehead atoms. The molecule has 5 heteroatoms. The molecule has 0 radical (unpaired) electrons. The van der Waals surface area contributed by atoms with Gasteiger partial charge in [-0.25, -0.2) is 0 Å². The molecule has 56 valence electrons. The second-order valence-corrected chi connectivity index (χ2v) is 2.09. The molecule has 1 atom stereocenters. The molecule has 0 rings (SSSR count). The van der Waals surface area contributed by atoms with Gasteiger partial charge in [0.2, 0.25) is 0 Å². The summed E-state index contributed by atoms with van der Waals surface area (Å²) in [5.74, 6) is -1.22. The van der Waals surface area contributed by atoms with E-state index < -0.39 is 12.0 Å². The van der Waals surface area contributed by atoms with Crippen LogP contribution in [0.5, 0.6) is 0 Å². The molecule has 0 saturated heterocycles. The van der Waals surface area contributed by atoms with Gasteiger partial charge in [0.1, 0.15) is 0 Å². The summed E-state index contributed by atoms with van der Waals surface area (Å²) in [5, 5.41) is 9.90. The molecule has 2 N–H and O–H groups in total. The van der Waals surface area contributed by atoms with Gasteiger partial charge in [0.15, 0.2) is 0 Å². The van der Waals surface area contributed by atoms with Crippen molar-refractivity contribution in [2.75, 3.05) is 0 Å². The zero-order chi connectivity index (χ0) is 6.73. The van der Waals surface area contributed by atoms with Crippen LogP contribution in [0.4, 0.5) is 0 Å². The quantitative estimate of drug-likeness (QED) is 0.415. The standard InChI is InChI=1S/C5H11NO2.HI.Zn/c1-3(2)4(6)5(7)8;;/h3-4H,6H2,1-2H3,(H,7,8);1H;/q;;+2/p-2/t4-;;/m0../s1. The van der Waals surface area contributed by atoms with Gasteiger partial charge < -0.3 is 39.6 Å². The first-order chi connectivity index (χ1) is 3.55. The van der Waals surface area contributed by atoms with Crippen LogP contribution >= 0.6 is 0 Å². The molecule has 0 aromatic heterocycles. The molecule has 3 nitrogen and oxygen atoms in total. The molecule has 10 heavy (non-hydrogen) atoms. The number of carboxylic acids is 1. The van der Waals surface area contributed by atoms with E-state index in [-0.39, 0.29) is 49.4 Å². The molecule has 0 aliphatic rings. The number of hydrogen-bond acceptors (Lipinski definition) is 3. The van der Waals surface area contributed by atoms with Gasteiger partial charge in [-0.1, -0.05) is 13.8 Å². The summed E-state index contributed by atoms with van der Waals surface area (Å²) in [5.41, 5.74) is 5.10. The summed E-state index contributed by atoms with van der Waals surface area (Å²) in [4.78, 5) is 9.90. The van der Waals surface area contributed by atoms with E-state index in [0.717, 1.165) is 0 Å². The minimum Gasteiger partial charge on any atom is -1.00 e. The third-order valence-corrected chi connectivity index (χ3v) is 0.990. The van der Waals surface area contributed by atoms with Crippen molar-refractivity contribution in [3.8, 4) is 0 Å². The third-order valence-electron chi connectivity index (χ3n) is 0.990. The molecule has 0 aliphatic carbocycles. The van der Waals surface area contributed by atoms with Gasteiger partial charge in [-0.05, 0) is 5.92 Å². The number of carbonyl (C=O) groups is 1. The monoisotopic (exact) mass is 307 g/mol. The van der Waals surface area contributed by atoms with Gasteiger partial charge in [-0.3, -0.25) is 0 Å². The Morgan fingerprint density at radius 2 is 1.80 bits per heavy atom. The summed E-state index contributed by atoms with van der Waals surface area (Å²) in [6.07, 6.45) is 0. The maximum absolute atomic E-state index is 9.90. The Bertz CT molecular complexity index is 99.6. The Labute approximate surface area is 90.5 Å². The van der Waals surface area contributed by atoms with E-state index in [0.29, 0.717) is 0 Å². The Balaban J connectivity index is -0.000000245. The number of rotatable bonds is 2. The van der Waals surface area contributed by atoms with Crippen LogP contribution in [0.2, 0.25) is 0 Å². The van der Waals surface area contributed by atoms with Crippen molar-refractivity contribution in [3.63, 3.8) is 0 Å². The summed E-state index contributed by atoms with van der Waals surface area (Å²) in [6, 6.07) is -0.824. The van der Waals surface area contributed by atoms with Crippen LogP contribution in [0, 0.1) is 5.92 Å². The molecule has 0 saturated carbocycles. The van der Waals surface area contributed by atoms with Crippen molar-refractivity contribution >= 4 is 5.97 Å². The van der Waals surface area contributed by atoms with Crippen LogP contribution in [0.25, 0.3) is 0 Å². The fraction of sp³-hybridized carbons (Fsp3) is 0.800. The molecular formula is C5H10INO2Zn. The predicted octanol–water partition coefficient (Wildman–Crippen LogP) is -4.28. The summed E-state index contributed by atoms with van der Waals surface area (Å²) >= 11 is 0. The number of hydrogen-bond donors (Lipinski definition) is 1. The van der Waals surface area contributed by atoms with Crippen molar-refractivity contribution in [2.45, 2.75) is 19.9 Å². The van der Waals surface area contributed by atoms with E-state index in [1.165, 1.54) is 0 Å². The smallest absolute Gasteiger partial charge is 1.00 e. The largest absolute Gasteiger partial charge is 2.00 e. The molecule has 0 spiro atoms. The zero-order valence-corrected chi connectivity index (χ0v) is 11.3. The van der Waals surface area contributed by atoms with Gasteiger partial charge in [-0.2, -0.15) is 0 Å². The van der Waals surface area contributed by atoms with Crippen LogP contribution < -0.4 is 34.8 Å². The van der Waals surface area contributed by atoms with Gasteiger partial charge in [0.25, 0.3) is 0 Å². The second kappa shape index (κ2) is 7.89. The topological polar surface area (TPSA) is 66.2 Å². The molecule has 0 aliphatic heterocycles. The van der Waals surface area contributed by atoms with Crippen molar-refractivity contribution < 1.29 is 53.4 Å². The number of halogens is 1. The van der Waals surface area contributed by atoms with Crippen LogP contribution in [0.15, 0.2) is 0 Å². The Morgan fingerprint density at radius 3 is 1.80 bits per heavy atom. The summed E-state index contributed by atoms with van der Waals surface area (Å²) < 4.78 is 0. The molecule has 0 aromatic rings. The van der Waals surface area contributed by atoms with Gasteiger partial charge >= 0.3 is 19.5 Å². The molecule has 0 aromatic carbocycles. The van der Waals surface area contributed by atoms with Gasteiger partial charge in [0, 0.05) is 6.04 Å². The minimum absolute atomic E-state index is 0. The average Bonchev–Trinajstić information content (AvgIpc) is 1.64. The fourth-order valence-electron chi connectivity index (χ4n) is 0.272. The molecule has 0 unspecified atom stereocenters. The Hall–Kier alpha value is 0.783. The van der Waals surface area contributed by atoms with Crippen LogP contribution in [0.3, 0.4) is 0 Å². The van der Waals surface area contributed by atoms with Crippen molar-refractivity contribution in [1.82, 2.24) is 0 Å². The maximum atomic E-state index is 9.90. The van der Waals surface area contributed by atoms with Crippen LogP contribution in [0.1, 0.15) is 13.8 Å². The van der Waals surface area contributed by atoms with E-state index in [9.17, 15) is 9.90 Å².